The molecule has 0 saturated carbocycles. The van der Waals surface area contributed by atoms with Crippen molar-refractivity contribution in [2.24, 2.45) is 0 Å². The lowest BCUT2D eigenvalue weighted by Gasteiger charge is -2.12. The van der Waals surface area contributed by atoms with Crippen LogP contribution in [-0.4, -0.2) is 17.4 Å². The maximum atomic E-state index is 13.8. The molecule has 0 bridgehead atoms. The first-order valence-corrected chi connectivity index (χ1v) is 7.28. The van der Waals surface area contributed by atoms with Crippen LogP contribution in [0.5, 0.6) is 0 Å². The highest BCUT2D eigenvalue weighted by atomic mass is 79.9. The molecule has 0 saturated heterocycles. The molecule has 2 rings (SSSR count). The zero-order chi connectivity index (χ0) is 15.4. The third kappa shape index (κ3) is 3.58. The first kappa shape index (κ1) is 15.4. The quantitative estimate of drug-likeness (QED) is 0.875. The molecule has 1 heterocycles. The van der Waals surface area contributed by atoms with Crippen molar-refractivity contribution < 1.29 is 9.18 Å². The Morgan fingerprint density at radius 1 is 1.43 bits per heavy atom. The van der Waals surface area contributed by atoms with Crippen LogP contribution in [0.25, 0.3) is 0 Å². The van der Waals surface area contributed by atoms with Gasteiger partial charge < -0.3 is 10.6 Å². The number of carbonyl (C=O) groups excluding carboxylic acids is 1. The summed E-state index contributed by atoms with van der Waals surface area (Å²) < 4.78 is 14.5. The van der Waals surface area contributed by atoms with Crippen molar-refractivity contribution in [1.29, 1.82) is 0 Å². The lowest BCUT2D eigenvalue weighted by Crippen LogP contribution is -2.17. The van der Waals surface area contributed by atoms with Gasteiger partial charge in [0.25, 0.3) is 5.91 Å². The number of hydrogen-bond acceptors (Lipinski definition) is 3. The van der Waals surface area contributed by atoms with E-state index < -0.39 is 11.7 Å². The minimum atomic E-state index is -0.462. The van der Waals surface area contributed by atoms with Crippen molar-refractivity contribution in [3.05, 3.63) is 51.9 Å². The van der Waals surface area contributed by atoms with Crippen LogP contribution in [0.2, 0.25) is 0 Å². The number of halogens is 2. The third-order valence-electron chi connectivity index (χ3n) is 2.90. The highest BCUT2D eigenvalue weighted by Crippen LogP contribution is 2.23. The van der Waals surface area contributed by atoms with Gasteiger partial charge in [-0.25, -0.2) is 9.37 Å². The third-order valence-corrected chi connectivity index (χ3v) is 3.34. The van der Waals surface area contributed by atoms with E-state index in [1.165, 1.54) is 6.07 Å². The molecule has 110 valence electrons. The van der Waals surface area contributed by atoms with Gasteiger partial charge in [-0.15, -0.1) is 0 Å². The molecule has 2 aromatic rings. The summed E-state index contributed by atoms with van der Waals surface area (Å²) in [5.41, 5.74) is 1.20. The Balaban J connectivity index is 2.34. The predicted molar refractivity (Wildman–Crippen MR) is 85.2 cm³/mol. The summed E-state index contributed by atoms with van der Waals surface area (Å²) in [6, 6.07) is 6.30. The van der Waals surface area contributed by atoms with Gasteiger partial charge in [0.1, 0.15) is 11.6 Å². The lowest BCUT2D eigenvalue weighted by atomic mass is 10.1. The van der Waals surface area contributed by atoms with Crippen molar-refractivity contribution in [3.8, 4) is 0 Å². The number of carbonyl (C=O) groups is 1. The topological polar surface area (TPSA) is 54.0 Å². The molecule has 0 fully saturated rings. The van der Waals surface area contributed by atoms with Crippen LogP contribution in [0.15, 0.2) is 34.9 Å². The van der Waals surface area contributed by atoms with E-state index in [1.807, 2.05) is 6.92 Å². The maximum Gasteiger partial charge on any atom is 0.259 e. The van der Waals surface area contributed by atoms with Crippen molar-refractivity contribution in [1.82, 2.24) is 4.98 Å². The van der Waals surface area contributed by atoms with Gasteiger partial charge in [-0.3, -0.25) is 4.79 Å². The Labute approximate surface area is 130 Å². The number of para-hydroxylation sites is 1. The minimum Gasteiger partial charge on any atom is -0.370 e. The number of pyridine rings is 1. The van der Waals surface area contributed by atoms with Crippen molar-refractivity contribution >= 4 is 33.3 Å². The zero-order valence-corrected chi connectivity index (χ0v) is 13.3. The maximum absolute atomic E-state index is 13.8. The van der Waals surface area contributed by atoms with Gasteiger partial charge in [-0.2, -0.15) is 0 Å². The largest absolute Gasteiger partial charge is 0.370 e. The van der Waals surface area contributed by atoms with Crippen LogP contribution in [0.4, 0.5) is 15.9 Å². The molecule has 4 nitrogen and oxygen atoms in total. The number of nitrogens with one attached hydrogen (secondary N) is 2. The Bertz CT molecular complexity index is 656. The molecule has 0 spiro atoms. The van der Waals surface area contributed by atoms with E-state index in [0.717, 1.165) is 0 Å². The number of aryl methyl sites for hydroxylation is 1. The fourth-order valence-electron chi connectivity index (χ4n) is 1.89. The van der Waals surface area contributed by atoms with Crippen LogP contribution in [0.1, 0.15) is 22.8 Å². The molecule has 0 atom stereocenters. The van der Waals surface area contributed by atoms with Gasteiger partial charge in [0.15, 0.2) is 0 Å². The second kappa shape index (κ2) is 6.67. The molecule has 0 aliphatic carbocycles. The summed E-state index contributed by atoms with van der Waals surface area (Å²) in [5, 5.41) is 5.62. The van der Waals surface area contributed by atoms with Crippen molar-refractivity contribution in [3.63, 3.8) is 0 Å². The van der Waals surface area contributed by atoms with Crippen LogP contribution in [-0.2, 0) is 0 Å². The number of hydrogen-bond donors (Lipinski definition) is 2. The molecule has 21 heavy (non-hydrogen) atoms. The molecule has 0 radical (unpaired) electrons. The fourth-order valence-corrected chi connectivity index (χ4v) is 2.22. The van der Waals surface area contributed by atoms with Crippen LogP contribution in [0, 0.1) is 12.7 Å². The smallest absolute Gasteiger partial charge is 0.259 e. The summed E-state index contributed by atoms with van der Waals surface area (Å²) in [6.45, 7) is 4.28. The number of anilines is 2. The SMILES string of the molecule is CCNc1ncc(Br)cc1C(=O)Nc1c(C)cccc1F. The van der Waals surface area contributed by atoms with E-state index in [9.17, 15) is 9.18 Å². The van der Waals surface area contributed by atoms with Crippen LogP contribution in [0.3, 0.4) is 0 Å². The molecule has 6 heteroatoms. The van der Waals surface area contributed by atoms with E-state index >= 15 is 0 Å². The van der Waals surface area contributed by atoms with Gasteiger partial charge in [0.2, 0.25) is 0 Å². The summed E-state index contributed by atoms with van der Waals surface area (Å²) in [6.07, 6.45) is 1.60. The summed E-state index contributed by atoms with van der Waals surface area (Å²) in [5.74, 6) is -0.406. The average molecular weight is 352 g/mol. The van der Waals surface area contributed by atoms with Gasteiger partial charge in [0.05, 0.1) is 11.3 Å². The summed E-state index contributed by atoms with van der Waals surface area (Å²) in [7, 11) is 0. The van der Waals surface area contributed by atoms with Crippen molar-refractivity contribution in [2.75, 3.05) is 17.2 Å². The van der Waals surface area contributed by atoms with Crippen molar-refractivity contribution in [2.45, 2.75) is 13.8 Å². The molecular formula is C15H15BrFN3O. The number of nitrogens with zero attached hydrogens (tertiary/aromatic N) is 1. The van der Waals surface area contributed by atoms with E-state index in [4.69, 9.17) is 0 Å². The van der Waals surface area contributed by atoms with E-state index in [1.54, 1.807) is 31.3 Å². The standard InChI is InChI=1S/C15H15BrFN3O/c1-3-18-14-11(7-10(16)8-19-14)15(21)20-13-9(2)5-4-6-12(13)17/h4-8H,3H2,1-2H3,(H,18,19)(H,20,21). The summed E-state index contributed by atoms with van der Waals surface area (Å²) >= 11 is 3.29. The highest BCUT2D eigenvalue weighted by molar-refractivity contribution is 9.10. The lowest BCUT2D eigenvalue weighted by molar-refractivity contribution is 0.102. The zero-order valence-electron chi connectivity index (χ0n) is 11.7. The molecule has 1 aromatic heterocycles. The van der Waals surface area contributed by atoms with Gasteiger partial charge in [-0.1, -0.05) is 12.1 Å². The molecule has 1 amide bonds. The average Bonchev–Trinajstić information content (AvgIpc) is 2.45. The molecule has 0 aliphatic rings. The van der Waals surface area contributed by atoms with Crippen LogP contribution < -0.4 is 10.6 Å². The Kier molecular flexibility index (Phi) is 4.90. The number of aromatic nitrogens is 1. The Morgan fingerprint density at radius 3 is 2.86 bits per heavy atom. The molecule has 0 aliphatic heterocycles. The minimum absolute atomic E-state index is 0.185. The monoisotopic (exact) mass is 351 g/mol. The Morgan fingerprint density at radius 2 is 2.19 bits per heavy atom. The van der Waals surface area contributed by atoms with Gasteiger partial charge in [-0.05, 0) is 47.5 Å². The van der Waals surface area contributed by atoms with E-state index in [-0.39, 0.29) is 5.69 Å². The molecular weight excluding hydrogens is 337 g/mol. The first-order chi connectivity index (χ1) is 10.0. The van der Waals surface area contributed by atoms with E-state index in [0.29, 0.717) is 28.0 Å². The molecule has 2 N–H and O–H groups in total. The second-order valence-corrected chi connectivity index (χ2v) is 5.38. The number of benzene rings is 1. The summed E-state index contributed by atoms with van der Waals surface area (Å²) in [4.78, 5) is 16.6. The predicted octanol–water partition coefficient (Wildman–Crippen LogP) is 3.98. The fraction of sp³-hybridized carbons (Fsp3) is 0.200. The Hall–Kier alpha value is -1.95. The van der Waals surface area contributed by atoms with Gasteiger partial charge >= 0.3 is 0 Å². The first-order valence-electron chi connectivity index (χ1n) is 6.48. The number of amides is 1. The highest BCUT2D eigenvalue weighted by Gasteiger charge is 2.16. The second-order valence-electron chi connectivity index (χ2n) is 4.47. The van der Waals surface area contributed by atoms with Crippen LogP contribution >= 0.6 is 15.9 Å². The number of rotatable bonds is 4. The molecule has 1 aromatic carbocycles. The normalized spacial score (nSPS) is 10.3. The van der Waals surface area contributed by atoms with E-state index in [2.05, 4.69) is 31.5 Å². The van der Waals surface area contributed by atoms with Gasteiger partial charge in [0, 0.05) is 17.2 Å². The molecule has 0 unspecified atom stereocenters.